The van der Waals surface area contributed by atoms with Gasteiger partial charge in [-0.05, 0) is 49.2 Å². The molecule has 0 amide bonds. The van der Waals surface area contributed by atoms with Crippen molar-refractivity contribution in [3.05, 3.63) is 59.2 Å². The molecule has 2 rings (SSSR count). The van der Waals surface area contributed by atoms with Crippen LogP contribution in [0.15, 0.2) is 48.0 Å². The Hall–Kier alpha value is -2.50. The summed E-state index contributed by atoms with van der Waals surface area (Å²) in [6.45, 7) is 4.44. The van der Waals surface area contributed by atoms with Crippen molar-refractivity contribution in [2.75, 3.05) is 12.3 Å². The minimum Gasteiger partial charge on any atom is -0.493 e. The molecule has 0 atom stereocenters. The fraction of sp³-hybridized carbons (Fsp3) is 0.222. The fourth-order valence-electron chi connectivity index (χ4n) is 2.11. The van der Waals surface area contributed by atoms with Crippen molar-refractivity contribution in [1.29, 1.82) is 0 Å². The Balaban J connectivity index is 2.09. The molecule has 23 heavy (non-hydrogen) atoms. The second kappa shape index (κ2) is 7.67. The van der Waals surface area contributed by atoms with E-state index in [1.165, 1.54) is 5.57 Å². The summed E-state index contributed by atoms with van der Waals surface area (Å²) in [5, 5.41) is 17.9. The molecule has 5 nitrogen and oxygen atoms in total. The quantitative estimate of drug-likeness (QED) is 0.779. The van der Waals surface area contributed by atoms with Gasteiger partial charge < -0.3 is 9.47 Å². The SMILES string of the molecule is COc1cc(C=C(C)C)ccc1OCc1ccc(N(O)O)cc1. The van der Waals surface area contributed by atoms with Crippen molar-refractivity contribution >= 4 is 11.8 Å². The Morgan fingerprint density at radius 3 is 2.30 bits per heavy atom. The van der Waals surface area contributed by atoms with E-state index < -0.39 is 0 Å². The van der Waals surface area contributed by atoms with Crippen LogP contribution in [0.25, 0.3) is 6.08 Å². The highest BCUT2D eigenvalue weighted by atomic mass is 16.8. The predicted molar refractivity (Wildman–Crippen MR) is 89.1 cm³/mol. The summed E-state index contributed by atoms with van der Waals surface area (Å²) in [6, 6.07) is 12.5. The summed E-state index contributed by atoms with van der Waals surface area (Å²) in [5.41, 5.74) is 3.47. The first-order chi connectivity index (χ1) is 11.0. The van der Waals surface area contributed by atoms with Crippen LogP contribution in [0, 0.1) is 0 Å². The van der Waals surface area contributed by atoms with Crippen molar-refractivity contribution < 1.29 is 19.9 Å². The van der Waals surface area contributed by atoms with E-state index in [2.05, 4.69) is 6.08 Å². The fourth-order valence-corrected chi connectivity index (χ4v) is 2.11. The summed E-state index contributed by atoms with van der Waals surface area (Å²) in [7, 11) is 1.61. The van der Waals surface area contributed by atoms with Crippen LogP contribution < -0.4 is 14.7 Å². The van der Waals surface area contributed by atoms with Gasteiger partial charge in [0.15, 0.2) is 11.5 Å². The lowest BCUT2D eigenvalue weighted by atomic mass is 10.1. The molecule has 0 fully saturated rings. The van der Waals surface area contributed by atoms with E-state index in [4.69, 9.17) is 19.9 Å². The molecule has 0 radical (unpaired) electrons. The molecular weight excluding hydrogens is 294 g/mol. The number of benzene rings is 2. The van der Waals surface area contributed by atoms with Gasteiger partial charge in [0, 0.05) is 0 Å². The van der Waals surface area contributed by atoms with Crippen molar-refractivity contribution in [1.82, 2.24) is 0 Å². The number of ether oxygens (including phenoxy) is 2. The lowest BCUT2D eigenvalue weighted by Gasteiger charge is -2.12. The normalized spacial score (nSPS) is 10.1. The van der Waals surface area contributed by atoms with Crippen molar-refractivity contribution in [3.63, 3.8) is 0 Å². The van der Waals surface area contributed by atoms with E-state index in [1.54, 1.807) is 31.4 Å². The number of nitrogens with zero attached hydrogens (tertiary/aromatic N) is 1. The molecular formula is C18H21NO4. The summed E-state index contributed by atoms with van der Waals surface area (Å²) in [4.78, 5) is 0. The van der Waals surface area contributed by atoms with Gasteiger partial charge in [0.2, 0.25) is 0 Å². The van der Waals surface area contributed by atoms with Gasteiger partial charge in [0.1, 0.15) is 6.61 Å². The summed E-state index contributed by atoms with van der Waals surface area (Å²) in [5.74, 6) is 1.34. The maximum atomic E-state index is 8.92. The molecule has 0 aliphatic heterocycles. The number of rotatable bonds is 6. The average Bonchev–Trinajstić information content (AvgIpc) is 2.53. The van der Waals surface area contributed by atoms with Gasteiger partial charge >= 0.3 is 0 Å². The summed E-state index contributed by atoms with van der Waals surface area (Å²) < 4.78 is 11.2. The predicted octanol–water partition coefficient (Wildman–Crippen LogP) is 4.28. The Kier molecular flexibility index (Phi) is 5.62. The van der Waals surface area contributed by atoms with Crippen LogP contribution >= 0.6 is 0 Å². The van der Waals surface area contributed by atoms with Gasteiger partial charge in [-0.3, -0.25) is 10.4 Å². The van der Waals surface area contributed by atoms with Crippen LogP contribution in [0.1, 0.15) is 25.0 Å². The zero-order chi connectivity index (χ0) is 16.8. The van der Waals surface area contributed by atoms with E-state index in [0.29, 0.717) is 18.1 Å². The molecule has 2 N–H and O–H groups in total. The van der Waals surface area contributed by atoms with Gasteiger partial charge in [-0.1, -0.05) is 29.8 Å². The largest absolute Gasteiger partial charge is 0.493 e. The van der Waals surface area contributed by atoms with Crippen LogP contribution in [-0.2, 0) is 6.61 Å². The molecule has 0 aliphatic carbocycles. The third-order valence-electron chi connectivity index (χ3n) is 3.20. The van der Waals surface area contributed by atoms with E-state index >= 15 is 0 Å². The third-order valence-corrected chi connectivity index (χ3v) is 3.20. The number of allylic oxidation sites excluding steroid dienone is 1. The smallest absolute Gasteiger partial charge is 0.161 e. The van der Waals surface area contributed by atoms with Crippen LogP contribution in [-0.4, -0.2) is 17.5 Å². The molecule has 0 aromatic heterocycles. The zero-order valence-electron chi connectivity index (χ0n) is 13.5. The van der Waals surface area contributed by atoms with E-state index in [-0.39, 0.29) is 10.9 Å². The molecule has 2 aromatic carbocycles. The van der Waals surface area contributed by atoms with Crippen molar-refractivity contribution in [3.8, 4) is 11.5 Å². The average molecular weight is 315 g/mol. The number of anilines is 1. The lowest BCUT2D eigenvalue weighted by Crippen LogP contribution is -2.10. The van der Waals surface area contributed by atoms with Crippen LogP contribution in [0.3, 0.4) is 0 Å². The second-order valence-corrected chi connectivity index (χ2v) is 5.38. The highest BCUT2D eigenvalue weighted by Gasteiger charge is 2.06. The number of hydrogen-bond acceptors (Lipinski definition) is 5. The minimum absolute atomic E-state index is 0.0790. The van der Waals surface area contributed by atoms with Gasteiger partial charge in [0.05, 0.1) is 12.8 Å². The molecule has 0 aliphatic rings. The van der Waals surface area contributed by atoms with E-state index in [1.807, 2.05) is 32.0 Å². The molecule has 0 heterocycles. The van der Waals surface area contributed by atoms with Crippen LogP contribution in [0.2, 0.25) is 0 Å². The standard InChI is InChI=1S/C18H21NO4/c1-13(2)10-15-6-9-17(18(11-15)22-3)23-12-14-4-7-16(8-5-14)19(20)21/h4-11,20-21H,12H2,1-3H3. The Bertz CT molecular complexity index is 674. The van der Waals surface area contributed by atoms with Gasteiger partial charge in [-0.25, -0.2) is 0 Å². The number of methoxy groups -OCH3 is 1. The maximum absolute atomic E-state index is 8.92. The summed E-state index contributed by atoms with van der Waals surface area (Å²) >= 11 is 0. The Labute approximate surface area is 135 Å². The molecule has 0 spiro atoms. The topological polar surface area (TPSA) is 62.2 Å². The number of hydrogen-bond donors (Lipinski definition) is 2. The van der Waals surface area contributed by atoms with Gasteiger partial charge in [-0.15, -0.1) is 5.23 Å². The highest BCUT2D eigenvalue weighted by molar-refractivity contribution is 5.57. The molecule has 0 bridgehead atoms. The van der Waals surface area contributed by atoms with E-state index in [0.717, 1.165) is 11.1 Å². The molecule has 2 aromatic rings. The van der Waals surface area contributed by atoms with Crippen LogP contribution in [0.5, 0.6) is 11.5 Å². The third kappa shape index (κ3) is 4.74. The molecule has 0 unspecified atom stereocenters. The van der Waals surface area contributed by atoms with Gasteiger partial charge in [-0.2, -0.15) is 0 Å². The maximum Gasteiger partial charge on any atom is 0.161 e. The lowest BCUT2D eigenvalue weighted by molar-refractivity contribution is 0.0291. The molecule has 122 valence electrons. The first-order valence-corrected chi connectivity index (χ1v) is 7.22. The van der Waals surface area contributed by atoms with Crippen LogP contribution in [0.4, 0.5) is 5.69 Å². The zero-order valence-corrected chi connectivity index (χ0v) is 13.5. The highest BCUT2D eigenvalue weighted by Crippen LogP contribution is 2.29. The molecule has 0 saturated carbocycles. The first kappa shape index (κ1) is 16.9. The Morgan fingerprint density at radius 1 is 1.04 bits per heavy atom. The molecule has 5 heteroatoms. The van der Waals surface area contributed by atoms with Crippen molar-refractivity contribution in [2.45, 2.75) is 20.5 Å². The summed E-state index contributed by atoms with van der Waals surface area (Å²) in [6.07, 6.45) is 2.07. The van der Waals surface area contributed by atoms with Gasteiger partial charge in [0.25, 0.3) is 0 Å². The van der Waals surface area contributed by atoms with E-state index in [9.17, 15) is 0 Å². The first-order valence-electron chi connectivity index (χ1n) is 7.22. The molecule has 0 saturated heterocycles. The Morgan fingerprint density at radius 2 is 1.74 bits per heavy atom. The monoisotopic (exact) mass is 315 g/mol. The minimum atomic E-state index is 0.0790. The second-order valence-electron chi connectivity index (χ2n) is 5.38. The van der Waals surface area contributed by atoms with Crippen molar-refractivity contribution in [2.24, 2.45) is 0 Å².